The van der Waals surface area contributed by atoms with Crippen LogP contribution in [-0.2, 0) is 25.5 Å². The molecule has 0 amide bonds. The number of fused-ring (bicyclic) bond motifs is 8. The molecular formula is C36H34MgN4O6-2. The number of carbonyl (C=O) groups is 4. The molecule has 10 nitrogen and oxygen atoms in total. The van der Waals surface area contributed by atoms with Gasteiger partial charge in [-0.15, -0.1) is 33.5 Å². The first kappa shape index (κ1) is 34.0. The van der Waals surface area contributed by atoms with Crippen LogP contribution < -0.4 is 25.7 Å². The Morgan fingerprint density at radius 3 is 2.30 bits per heavy atom. The molecule has 238 valence electrons. The molecule has 1 saturated heterocycles. The number of allylic oxidation sites excluding steroid dienone is 1. The molecule has 0 spiro atoms. The number of carbonyl (C=O) groups excluding carboxylic acids is 4. The third kappa shape index (κ3) is 5.35. The molecule has 1 unspecified atom stereocenters. The van der Waals surface area contributed by atoms with Crippen LogP contribution in [0.4, 0.5) is 0 Å². The van der Waals surface area contributed by atoms with Crippen molar-refractivity contribution >= 4 is 76.9 Å². The average molecular weight is 643 g/mol. The summed E-state index contributed by atoms with van der Waals surface area (Å²) in [6.45, 7) is 11.7. The number of esters is 2. The van der Waals surface area contributed by atoms with Gasteiger partial charge < -0.3 is 29.7 Å². The van der Waals surface area contributed by atoms with Crippen molar-refractivity contribution in [3.05, 3.63) is 90.0 Å². The molecule has 0 aromatic carbocycles. The summed E-state index contributed by atoms with van der Waals surface area (Å²) in [5.74, 6) is -2.04. The minimum Gasteiger partial charge on any atom is -0.681 e. The van der Waals surface area contributed by atoms with Gasteiger partial charge in [0.1, 0.15) is 11.9 Å². The van der Waals surface area contributed by atoms with Crippen LogP contribution >= 0.6 is 0 Å². The number of rotatable bonds is 7. The molecule has 0 N–H and O–H groups in total. The van der Waals surface area contributed by atoms with Crippen molar-refractivity contribution in [1.82, 2.24) is 15.0 Å². The Labute approximate surface area is 288 Å². The van der Waals surface area contributed by atoms with Crippen molar-refractivity contribution in [1.29, 1.82) is 0 Å². The Hall–Kier alpha value is -4.35. The van der Waals surface area contributed by atoms with Gasteiger partial charge in [-0.2, -0.15) is 5.70 Å². The Kier molecular flexibility index (Phi) is 9.43. The van der Waals surface area contributed by atoms with Crippen LogP contribution in [0, 0.1) is 25.7 Å². The smallest absolute Gasteiger partial charge is 0.681 e. The van der Waals surface area contributed by atoms with E-state index in [4.69, 9.17) is 29.7 Å². The van der Waals surface area contributed by atoms with E-state index in [1.807, 2.05) is 26.8 Å². The molecule has 1 aliphatic carbocycles. The van der Waals surface area contributed by atoms with E-state index in [-0.39, 0.29) is 52.9 Å². The van der Waals surface area contributed by atoms with E-state index in [2.05, 4.69) is 6.58 Å². The predicted molar refractivity (Wildman–Crippen MR) is 178 cm³/mol. The number of aldehydes is 1. The molecule has 1 fully saturated rings. The first-order chi connectivity index (χ1) is 22.1. The number of nitrogens with zero attached hydrogens (tertiary/aromatic N) is 4. The van der Waals surface area contributed by atoms with Gasteiger partial charge in [0.2, 0.25) is 0 Å². The van der Waals surface area contributed by atoms with Gasteiger partial charge in [0.15, 0.2) is 5.78 Å². The molecule has 0 saturated carbocycles. The molecule has 3 aliphatic rings. The number of aromatic nitrogens is 3. The van der Waals surface area contributed by atoms with Gasteiger partial charge in [0.25, 0.3) is 0 Å². The van der Waals surface area contributed by atoms with Gasteiger partial charge in [0.05, 0.1) is 14.2 Å². The van der Waals surface area contributed by atoms with Crippen LogP contribution in [0.5, 0.6) is 0 Å². The summed E-state index contributed by atoms with van der Waals surface area (Å²) in [7, 11) is 2.58. The van der Waals surface area contributed by atoms with Gasteiger partial charge in [-0.1, -0.05) is 73.0 Å². The summed E-state index contributed by atoms with van der Waals surface area (Å²) >= 11 is 0. The zero-order valence-corrected chi connectivity index (χ0v) is 28.8. The molecule has 2 aliphatic heterocycles. The number of hydrogen-bond donors (Lipinski definition) is 0. The number of methoxy groups -OCH3 is 2. The number of Topliss-reactive ketones (excluding diaryl/α,β-unsaturated/α-hetero) is 1. The van der Waals surface area contributed by atoms with Crippen molar-refractivity contribution in [3.63, 3.8) is 0 Å². The SMILES string of the molecule is C=Cc1c2[n-]c(c1C)/C=C1\[N-]C(C3=C(C(=O)OC)C(=O)c4c3[n-]c(c4C)/C=c3\[n-]/c(c(C=O)c3CC)=C\2)[C@@H](CCC(=O)OC)[C@@H]1C.[Mg+2]. The largest absolute Gasteiger partial charge is 2.00 e. The average Bonchev–Trinajstić information content (AvgIpc) is 3.79. The maximum absolute atomic E-state index is 14.0. The van der Waals surface area contributed by atoms with Crippen LogP contribution in [0.2, 0.25) is 0 Å². The number of ketones is 1. The molecule has 5 heterocycles. The quantitative estimate of drug-likeness (QED) is 0.164. The minimum absolute atomic E-state index is 0. The van der Waals surface area contributed by atoms with Crippen LogP contribution in [0.15, 0.2) is 17.8 Å². The molecule has 11 heteroatoms. The van der Waals surface area contributed by atoms with E-state index in [0.717, 1.165) is 23.0 Å². The summed E-state index contributed by atoms with van der Waals surface area (Å²) in [5.41, 5.74) is 6.98. The summed E-state index contributed by atoms with van der Waals surface area (Å²) in [6, 6.07) is -0.669. The molecule has 3 atom stereocenters. The summed E-state index contributed by atoms with van der Waals surface area (Å²) in [6.07, 6.45) is 9.10. The molecule has 0 radical (unpaired) electrons. The second-order valence-corrected chi connectivity index (χ2v) is 11.8. The molecule has 6 rings (SSSR count). The Morgan fingerprint density at radius 2 is 1.66 bits per heavy atom. The van der Waals surface area contributed by atoms with E-state index in [9.17, 15) is 19.2 Å². The molecule has 8 bridgehead atoms. The zero-order chi connectivity index (χ0) is 33.0. The second kappa shape index (κ2) is 13.0. The normalized spacial score (nSPS) is 21.8. The van der Waals surface area contributed by atoms with Gasteiger partial charge in [0, 0.05) is 17.5 Å². The van der Waals surface area contributed by atoms with E-state index in [0.29, 0.717) is 74.3 Å². The van der Waals surface area contributed by atoms with Crippen LogP contribution in [0.25, 0.3) is 35.2 Å². The second-order valence-electron chi connectivity index (χ2n) is 11.8. The maximum Gasteiger partial charge on any atom is 2.00 e. The Bertz CT molecular complexity index is 2040. The van der Waals surface area contributed by atoms with Crippen molar-refractivity contribution in [2.24, 2.45) is 11.8 Å². The Balaban J connectivity index is 0.00000433. The molecule has 3 aromatic heterocycles. The van der Waals surface area contributed by atoms with Crippen molar-refractivity contribution < 1.29 is 28.7 Å². The fourth-order valence-corrected chi connectivity index (χ4v) is 7.04. The number of hydrogen-bond acceptors (Lipinski definition) is 6. The third-order valence-electron chi connectivity index (χ3n) is 9.57. The van der Waals surface area contributed by atoms with Gasteiger partial charge in [-0.3, -0.25) is 14.4 Å². The molecule has 47 heavy (non-hydrogen) atoms. The van der Waals surface area contributed by atoms with E-state index in [1.54, 1.807) is 25.2 Å². The van der Waals surface area contributed by atoms with E-state index < -0.39 is 17.8 Å². The van der Waals surface area contributed by atoms with Crippen molar-refractivity contribution in [3.8, 4) is 0 Å². The number of ether oxygens (including phenoxy) is 2. The fourth-order valence-electron chi connectivity index (χ4n) is 7.04. The van der Waals surface area contributed by atoms with Crippen LogP contribution in [-0.4, -0.2) is 67.3 Å². The van der Waals surface area contributed by atoms with E-state index >= 15 is 0 Å². The maximum atomic E-state index is 14.0. The first-order valence-corrected chi connectivity index (χ1v) is 15.3. The van der Waals surface area contributed by atoms with Gasteiger partial charge >= 0.3 is 35.0 Å². The van der Waals surface area contributed by atoms with E-state index in [1.165, 1.54) is 14.2 Å². The first-order valence-electron chi connectivity index (χ1n) is 15.3. The van der Waals surface area contributed by atoms with Gasteiger partial charge in [-0.05, 0) is 44.1 Å². The molecule has 3 aromatic rings. The predicted octanol–water partition coefficient (Wildman–Crippen LogP) is 2.91. The van der Waals surface area contributed by atoms with Crippen molar-refractivity contribution in [2.45, 2.75) is 53.0 Å². The topological polar surface area (TPSA) is 143 Å². The van der Waals surface area contributed by atoms with Gasteiger partial charge in [-0.25, -0.2) is 4.79 Å². The monoisotopic (exact) mass is 642 g/mol. The molecular weight excluding hydrogens is 609 g/mol. The standard InChI is InChI=1S/C36H36N4O6.Mg/c1-8-19-16(3)23-12-24-17(4)21(10-11-29(42)45-6)33(39-24)31-32(36(44)46-7)35(43)30-18(5)25(40-34(30)31)13-27-20(9-2)22(15-41)28(38-27)14-26(19)37-23;/h8,12-15,17,21,33H,1,9-11H2,2-7H3,(H2-2,37,38,39,40,41,43,44);/q-2;+2/p-2/t17-,21-,33?;/m0./s1. The van der Waals surface area contributed by atoms with Crippen molar-refractivity contribution in [2.75, 3.05) is 14.2 Å². The summed E-state index contributed by atoms with van der Waals surface area (Å²) < 4.78 is 10.0. The summed E-state index contributed by atoms with van der Waals surface area (Å²) in [5, 5.41) is 6.18. The minimum atomic E-state index is -0.764. The fraction of sp³-hybridized carbons (Fsp3) is 0.333. The zero-order valence-electron chi connectivity index (χ0n) is 27.4. The third-order valence-corrected chi connectivity index (χ3v) is 9.57. The summed E-state index contributed by atoms with van der Waals surface area (Å²) in [4.78, 5) is 66.6. The van der Waals surface area contributed by atoms with Crippen LogP contribution in [0.3, 0.4) is 0 Å². The Morgan fingerprint density at radius 1 is 0.957 bits per heavy atom. The van der Waals surface area contributed by atoms with Crippen LogP contribution in [0.1, 0.15) is 92.4 Å².